The minimum Gasteiger partial charge on any atom is -0.271 e. The Morgan fingerprint density at radius 3 is 2.07 bits per heavy atom. The summed E-state index contributed by atoms with van der Waals surface area (Å²) in [5, 5.41) is 0. The van der Waals surface area contributed by atoms with Crippen LogP contribution in [-0.4, -0.2) is 6.04 Å². The zero-order chi connectivity index (χ0) is 11.3. The van der Waals surface area contributed by atoms with Crippen molar-refractivity contribution in [3.8, 4) is 0 Å². The molecular weight excluding hydrogens is 184 g/mol. The van der Waals surface area contributed by atoms with Crippen molar-refractivity contribution in [2.24, 2.45) is 28.5 Å². The fourth-order valence-corrected chi connectivity index (χ4v) is 3.42. The molecule has 88 valence electrons. The predicted octanol–water partition coefficient (Wildman–Crippen LogP) is 2.69. The summed E-state index contributed by atoms with van der Waals surface area (Å²) in [6, 6.07) is 0.524. The lowest BCUT2D eigenvalue weighted by Crippen LogP contribution is -2.38. The number of rotatable bonds is 5. The molecule has 0 spiro atoms. The van der Waals surface area contributed by atoms with Gasteiger partial charge in [0.15, 0.2) is 0 Å². The SMILES string of the molecule is CC1(C)C(C(CCC2CC2)NN)C1(C)C. The van der Waals surface area contributed by atoms with Crippen molar-refractivity contribution in [1.82, 2.24) is 5.43 Å². The van der Waals surface area contributed by atoms with Crippen LogP contribution in [0.5, 0.6) is 0 Å². The molecule has 0 bridgehead atoms. The topological polar surface area (TPSA) is 38.0 Å². The van der Waals surface area contributed by atoms with Crippen molar-refractivity contribution in [2.45, 2.75) is 59.4 Å². The van der Waals surface area contributed by atoms with Crippen molar-refractivity contribution < 1.29 is 0 Å². The van der Waals surface area contributed by atoms with Gasteiger partial charge in [-0.3, -0.25) is 11.3 Å². The van der Waals surface area contributed by atoms with Crippen LogP contribution in [0.15, 0.2) is 0 Å². The summed E-state index contributed by atoms with van der Waals surface area (Å²) in [6.45, 7) is 9.50. The second-order valence-corrected chi connectivity index (χ2v) is 6.71. The molecule has 0 heterocycles. The van der Waals surface area contributed by atoms with Crippen LogP contribution in [0.2, 0.25) is 0 Å². The molecule has 0 amide bonds. The minimum absolute atomic E-state index is 0.452. The van der Waals surface area contributed by atoms with E-state index in [1.54, 1.807) is 0 Å². The molecular formula is C13H26N2. The van der Waals surface area contributed by atoms with E-state index in [-0.39, 0.29) is 0 Å². The summed E-state index contributed by atoms with van der Waals surface area (Å²) in [7, 11) is 0. The van der Waals surface area contributed by atoms with Crippen LogP contribution >= 0.6 is 0 Å². The van der Waals surface area contributed by atoms with Crippen LogP contribution in [-0.2, 0) is 0 Å². The lowest BCUT2D eigenvalue weighted by atomic mass is 9.99. The van der Waals surface area contributed by atoms with Gasteiger partial charge in [-0.15, -0.1) is 0 Å². The molecule has 0 saturated heterocycles. The normalized spacial score (nSPS) is 30.2. The van der Waals surface area contributed by atoms with Gasteiger partial charge in [-0.2, -0.15) is 0 Å². The average molecular weight is 210 g/mol. The first-order chi connectivity index (χ1) is 6.91. The lowest BCUT2D eigenvalue weighted by molar-refractivity contribution is 0.368. The fourth-order valence-electron chi connectivity index (χ4n) is 3.42. The van der Waals surface area contributed by atoms with Gasteiger partial charge in [-0.05, 0) is 35.5 Å². The van der Waals surface area contributed by atoms with Crippen LogP contribution in [0.3, 0.4) is 0 Å². The highest BCUT2D eigenvalue weighted by Crippen LogP contribution is 2.70. The third-order valence-electron chi connectivity index (χ3n) is 5.33. The Morgan fingerprint density at radius 1 is 1.20 bits per heavy atom. The van der Waals surface area contributed by atoms with Crippen molar-refractivity contribution in [3.05, 3.63) is 0 Å². The summed E-state index contributed by atoms with van der Waals surface area (Å²) < 4.78 is 0. The third kappa shape index (κ3) is 1.83. The van der Waals surface area contributed by atoms with Gasteiger partial charge < -0.3 is 0 Å². The van der Waals surface area contributed by atoms with Crippen LogP contribution < -0.4 is 11.3 Å². The van der Waals surface area contributed by atoms with E-state index in [1.807, 2.05) is 0 Å². The predicted molar refractivity (Wildman–Crippen MR) is 64.1 cm³/mol. The van der Waals surface area contributed by atoms with Gasteiger partial charge in [0.25, 0.3) is 0 Å². The van der Waals surface area contributed by atoms with Crippen LogP contribution in [0.1, 0.15) is 53.4 Å². The summed E-state index contributed by atoms with van der Waals surface area (Å²) >= 11 is 0. The van der Waals surface area contributed by atoms with Gasteiger partial charge in [0, 0.05) is 6.04 Å². The first-order valence-corrected chi connectivity index (χ1v) is 6.37. The molecule has 0 aromatic rings. The van der Waals surface area contributed by atoms with E-state index >= 15 is 0 Å². The van der Waals surface area contributed by atoms with E-state index in [0.29, 0.717) is 16.9 Å². The molecule has 2 aliphatic carbocycles. The van der Waals surface area contributed by atoms with Gasteiger partial charge >= 0.3 is 0 Å². The Morgan fingerprint density at radius 2 is 1.73 bits per heavy atom. The first-order valence-electron chi connectivity index (χ1n) is 6.37. The zero-order valence-electron chi connectivity index (χ0n) is 10.6. The van der Waals surface area contributed by atoms with Crippen molar-refractivity contribution in [2.75, 3.05) is 0 Å². The Balaban J connectivity index is 1.89. The van der Waals surface area contributed by atoms with Crippen LogP contribution in [0, 0.1) is 22.7 Å². The van der Waals surface area contributed by atoms with E-state index in [1.165, 1.54) is 25.7 Å². The highest BCUT2D eigenvalue weighted by molar-refractivity contribution is 5.16. The quantitative estimate of drug-likeness (QED) is 0.541. The number of nitrogens with one attached hydrogen (secondary N) is 1. The zero-order valence-corrected chi connectivity index (χ0v) is 10.6. The van der Waals surface area contributed by atoms with Gasteiger partial charge in [-0.25, -0.2) is 0 Å². The molecule has 3 N–H and O–H groups in total. The van der Waals surface area contributed by atoms with Crippen LogP contribution in [0.25, 0.3) is 0 Å². The van der Waals surface area contributed by atoms with Gasteiger partial charge in [0.05, 0.1) is 0 Å². The molecule has 2 nitrogen and oxygen atoms in total. The third-order valence-corrected chi connectivity index (χ3v) is 5.33. The maximum absolute atomic E-state index is 5.71. The molecule has 2 aliphatic rings. The summed E-state index contributed by atoms with van der Waals surface area (Å²) in [5.41, 5.74) is 3.96. The molecule has 15 heavy (non-hydrogen) atoms. The molecule has 2 heteroatoms. The Kier molecular flexibility index (Phi) is 2.63. The standard InChI is InChI=1S/C13H26N2/c1-12(2)11(13(12,3)4)10(15-14)8-7-9-5-6-9/h9-11,15H,5-8,14H2,1-4H3. The van der Waals surface area contributed by atoms with Gasteiger partial charge in [-0.1, -0.05) is 40.5 Å². The Labute approximate surface area is 94.0 Å². The van der Waals surface area contributed by atoms with Gasteiger partial charge in [0.1, 0.15) is 0 Å². The maximum atomic E-state index is 5.71. The number of hydrazine groups is 1. The second-order valence-electron chi connectivity index (χ2n) is 6.71. The summed E-state index contributed by atoms with van der Waals surface area (Å²) in [5.74, 6) is 7.48. The van der Waals surface area contributed by atoms with Gasteiger partial charge in [0.2, 0.25) is 0 Å². The molecule has 0 aliphatic heterocycles. The van der Waals surface area contributed by atoms with E-state index in [0.717, 1.165) is 11.8 Å². The van der Waals surface area contributed by atoms with Crippen molar-refractivity contribution in [3.63, 3.8) is 0 Å². The Hall–Kier alpha value is -0.0800. The average Bonchev–Trinajstić information content (AvgIpc) is 3.00. The molecule has 2 rings (SSSR count). The molecule has 1 unspecified atom stereocenters. The Bertz CT molecular complexity index is 227. The number of nitrogens with two attached hydrogens (primary N) is 1. The maximum Gasteiger partial charge on any atom is 0.0249 e. The highest BCUT2D eigenvalue weighted by atomic mass is 15.2. The smallest absolute Gasteiger partial charge is 0.0249 e. The molecule has 2 saturated carbocycles. The second kappa shape index (κ2) is 3.46. The lowest BCUT2D eigenvalue weighted by Gasteiger charge is -2.17. The fraction of sp³-hybridized carbons (Fsp3) is 1.00. The molecule has 2 fully saturated rings. The monoisotopic (exact) mass is 210 g/mol. The van der Waals surface area contributed by atoms with E-state index in [2.05, 4.69) is 33.1 Å². The van der Waals surface area contributed by atoms with E-state index in [4.69, 9.17) is 5.84 Å². The largest absolute Gasteiger partial charge is 0.271 e. The van der Waals surface area contributed by atoms with E-state index < -0.39 is 0 Å². The van der Waals surface area contributed by atoms with Crippen molar-refractivity contribution in [1.29, 1.82) is 0 Å². The minimum atomic E-state index is 0.452. The van der Waals surface area contributed by atoms with Crippen LogP contribution in [0.4, 0.5) is 0 Å². The number of hydrogen-bond acceptors (Lipinski definition) is 2. The molecule has 0 radical (unpaired) electrons. The molecule has 0 aromatic carbocycles. The summed E-state index contributed by atoms with van der Waals surface area (Å²) in [4.78, 5) is 0. The van der Waals surface area contributed by atoms with E-state index in [9.17, 15) is 0 Å². The first kappa shape index (κ1) is 11.4. The molecule has 0 aromatic heterocycles. The van der Waals surface area contributed by atoms with Crippen molar-refractivity contribution >= 4 is 0 Å². The highest BCUT2D eigenvalue weighted by Gasteiger charge is 2.66. The molecule has 1 atom stereocenters. The number of hydrogen-bond donors (Lipinski definition) is 2. The summed E-state index contributed by atoms with van der Waals surface area (Å²) in [6.07, 6.45) is 5.54.